The van der Waals surface area contributed by atoms with Gasteiger partial charge in [-0.1, -0.05) is 0 Å². The number of aliphatic hydroxyl groups excluding tert-OH is 2. The normalized spacial score (nSPS) is 10.7. The third kappa shape index (κ3) is 23.5. The van der Waals surface area contributed by atoms with Crippen molar-refractivity contribution in [1.82, 2.24) is 0 Å². The summed E-state index contributed by atoms with van der Waals surface area (Å²) >= 11 is 0. The Hall–Kier alpha value is 2.87. The first-order valence-corrected chi connectivity index (χ1v) is 5.36. The van der Waals surface area contributed by atoms with E-state index < -0.39 is 60.5 Å². The fourth-order valence-electron chi connectivity index (χ4n) is 0.942. The van der Waals surface area contributed by atoms with Crippen LogP contribution in [0.4, 0.5) is 0 Å². The summed E-state index contributed by atoms with van der Waals surface area (Å²) in [4.78, 5) is 49.3. The van der Waals surface area contributed by atoms with Gasteiger partial charge in [0.1, 0.15) is 17.8 Å². The Morgan fingerprint density at radius 3 is 1.00 bits per heavy atom. The molecule has 0 spiro atoms. The smallest absolute Gasteiger partial charge is 0.550 e. The van der Waals surface area contributed by atoms with Crippen molar-refractivity contribution >= 4 is 29.8 Å². The van der Waals surface area contributed by atoms with Crippen LogP contribution in [0.1, 0.15) is 12.8 Å². The van der Waals surface area contributed by atoms with E-state index in [9.17, 15) is 49.5 Å². The quantitative estimate of drug-likeness (QED) is 0.280. The SMILES string of the molecule is O=C([O-])C(O)C(O)C(=O)[O-].O=C([O-])CC(O)(CC(=O)[O-])C(=O)[O-].[K+].[Na+].[Na+].[Na+].[Na+]. The molecule has 0 aliphatic rings. The van der Waals surface area contributed by atoms with Gasteiger partial charge < -0.3 is 64.8 Å². The molecule has 132 valence electrons. The molecule has 0 heterocycles. The third-order valence-corrected chi connectivity index (χ3v) is 2.04. The van der Waals surface area contributed by atoms with Gasteiger partial charge in [-0.05, 0) is 0 Å². The van der Waals surface area contributed by atoms with Crippen molar-refractivity contribution in [2.24, 2.45) is 0 Å². The van der Waals surface area contributed by atoms with E-state index in [1.165, 1.54) is 0 Å². The van der Waals surface area contributed by atoms with Crippen molar-refractivity contribution in [2.75, 3.05) is 0 Å². The van der Waals surface area contributed by atoms with Gasteiger partial charge in [0, 0.05) is 24.8 Å². The summed E-state index contributed by atoms with van der Waals surface area (Å²) in [5, 5.41) is 74.7. The van der Waals surface area contributed by atoms with Crippen LogP contribution in [0.25, 0.3) is 0 Å². The average molecular weight is 468 g/mol. The largest absolute Gasteiger partial charge is 1.00 e. The number of carbonyl (C=O) groups excluding carboxylic acids is 5. The molecule has 2 atom stereocenters. The van der Waals surface area contributed by atoms with E-state index in [4.69, 9.17) is 15.3 Å². The molecule has 0 rings (SSSR count). The predicted molar refractivity (Wildman–Crippen MR) is 51.2 cm³/mol. The Bertz CT molecular complexity index is 470. The second-order valence-corrected chi connectivity index (χ2v) is 3.94. The van der Waals surface area contributed by atoms with Crippen LogP contribution in [0.15, 0.2) is 0 Å². The van der Waals surface area contributed by atoms with E-state index in [1.54, 1.807) is 0 Å². The summed E-state index contributed by atoms with van der Waals surface area (Å²) in [6.07, 6.45) is -7.60. The average Bonchev–Trinajstić information content (AvgIpc) is 2.35. The van der Waals surface area contributed by atoms with Crippen molar-refractivity contribution in [3.8, 4) is 0 Å². The van der Waals surface area contributed by atoms with Crippen LogP contribution in [0.3, 0.4) is 0 Å². The van der Waals surface area contributed by atoms with Gasteiger partial charge in [-0.25, -0.2) is 0 Å². The molecule has 13 nitrogen and oxygen atoms in total. The molecular weight excluding hydrogens is 459 g/mol. The number of carboxylic acids is 5. The molecule has 0 aromatic carbocycles. The second-order valence-electron chi connectivity index (χ2n) is 3.94. The van der Waals surface area contributed by atoms with Crippen molar-refractivity contribution in [1.29, 1.82) is 0 Å². The minimum atomic E-state index is -2.97. The molecule has 28 heavy (non-hydrogen) atoms. The van der Waals surface area contributed by atoms with Crippen molar-refractivity contribution in [2.45, 2.75) is 30.7 Å². The molecular formula is C10H9KNa4O13. The maximum atomic E-state index is 10.1. The number of hydrogen-bond acceptors (Lipinski definition) is 13. The van der Waals surface area contributed by atoms with Crippen molar-refractivity contribution < 1.29 is 234 Å². The summed E-state index contributed by atoms with van der Waals surface area (Å²) in [5.74, 6) is -10.1. The molecule has 0 aromatic rings. The molecule has 0 saturated carbocycles. The number of carbonyl (C=O) groups is 5. The van der Waals surface area contributed by atoms with Crippen LogP contribution in [-0.4, -0.2) is 63.0 Å². The second kappa shape index (κ2) is 24.5. The van der Waals surface area contributed by atoms with Gasteiger partial charge in [0.25, 0.3) is 0 Å². The molecule has 0 bridgehead atoms. The summed E-state index contributed by atoms with van der Waals surface area (Å²) in [5.41, 5.74) is -2.97. The summed E-state index contributed by atoms with van der Waals surface area (Å²) < 4.78 is 0. The van der Waals surface area contributed by atoms with Crippen LogP contribution < -0.4 is 195 Å². The molecule has 0 aromatic heterocycles. The minimum absolute atomic E-state index is 0. The van der Waals surface area contributed by atoms with Crippen LogP contribution in [0, 0.1) is 0 Å². The van der Waals surface area contributed by atoms with Crippen molar-refractivity contribution in [3.05, 3.63) is 0 Å². The molecule has 0 fully saturated rings. The number of hydrogen-bond donors (Lipinski definition) is 3. The van der Waals surface area contributed by atoms with E-state index in [-0.39, 0.29) is 170 Å². The van der Waals surface area contributed by atoms with E-state index in [0.717, 1.165) is 0 Å². The first-order chi connectivity index (χ1) is 10.2. The zero-order valence-corrected chi connectivity index (χ0v) is 27.1. The maximum absolute atomic E-state index is 10.1. The standard InChI is InChI=1S/C6H8O7.C4H6O6.K.4Na/c7-3(8)1-6(13,5(11)12)2-4(9)10;5-1(3(7)8)2(6)4(9)10;;;;;/h13H,1-2H2,(H,7,8)(H,9,10)(H,11,12);1-2,5-6H,(H,7,8)(H,9,10);;;;;/q;;5*+1/p-5. The summed E-state index contributed by atoms with van der Waals surface area (Å²) in [6.45, 7) is 0. The Balaban J connectivity index is -0.0000000546. The topological polar surface area (TPSA) is 261 Å². The molecule has 0 saturated heterocycles. The summed E-state index contributed by atoms with van der Waals surface area (Å²) in [7, 11) is 0. The predicted octanol–water partition coefficient (Wildman–Crippen LogP) is -25.0. The first-order valence-electron chi connectivity index (χ1n) is 5.36. The molecule has 0 amide bonds. The molecule has 3 N–H and O–H groups in total. The molecule has 0 aliphatic carbocycles. The number of aliphatic carboxylic acids is 5. The zero-order chi connectivity index (χ0) is 19.0. The van der Waals surface area contributed by atoms with Crippen LogP contribution >= 0.6 is 0 Å². The van der Waals surface area contributed by atoms with Crippen molar-refractivity contribution in [3.63, 3.8) is 0 Å². The van der Waals surface area contributed by atoms with Crippen LogP contribution in [0.5, 0.6) is 0 Å². The monoisotopic (exact) mass is 468 g/mol. The van der Waals surface area contributed by atoms with Gasteiger partial charge in [-0.3, -0.25) is 0 Å². The van der Waals surface area contributed by atoms with Gasteiger partial charge in [-0.2, -0.15) is 0 Å². The molecule has 0 aliphatic heterocycles. The van der Waals surface area contributed by atoms with Gasteiger partial charge in [0.2, 0.25) is 0 Å². The fourth-order valence-corrected chi connectivity index (χ4v) is 0.942. The van der Waals surface area contributed by atoms with E-state index in [2.05, 4.69) is 0 Å². The Kier molecular flexibility index (Phi) is 42.3. The number of aliphatic hydroxyl groups is 3. The molecule has 2 unspecified atom stereocenters. The maximum Gasteiger partial charge on any atom is 1.00 e. The number of rotatable bonds is 8. The molecule has 18 heteroatoms. The zero-order valence-electron chi connectivity index (χ0n) is 16.0. The van der Waals surface area contributed by atoms with Crippen LogP contribution in [-0.2, 0) is 24.0 Å². The first kappa shape index (κ1) is 48.3. The fraction of sp³-hybridized carbons (Fsp3) is 0.500. The Morgan fingerprint density at radius 2 is 0.893 bits per heavy atom. The molecule has 0 radical (unpaired) electrons. The summed E-state index contributed by atoms with van der Waals surface area (Å²) in [6, 6.07) is 0. The Labute approximate surface area is 289 Å². The van der Waals surface area contributed by atoms with Gasteiger partial charge >= 0.3 is 170 Å². The Morgan fingerprint density at radius 1 is 0.679 bits per heavy atom. The number of carboxylic acid groups (broad SMARTS) is 5. The van der Waals surface area contributed by atoms with Gasteiger partial charge in [0.15, 0.2) is 0 Å². The van der Waals surface area contributed by atoms with Gasteiger partial charge in [-0.15, -0.1) is 0 Å². The van der Waals surface area contributed by atoms with Gasteiger partial charge in [0.05, 0.1) is 17.9 Å². The minimum Gasteiger partial charge on any atom is -0.550 e. The van der Waals surface area contributed by atoms with E-state index in [1.807, 2.05) is 0 Å². The van der Waals surface area contributed by atoms with Crippen LogP contribution in [0.2, 0.25) is 0 Å². The third-order valence-electron chi connectivity index (χ3n) is 2.04. The van der Waals surface area contributed by atoms with E-state index >= 15 is 0 Å². The van der Waals surface area contributed by atoms with E-state index in [0.29, 0.717) is 0 Å².